The molecule has 0 bridgehead atoms. The van der Waals surface area contributed by atoms with E-state index in [1.807, 2.05) is 59.3 Å². The molecule has 158 valence electrons. The van der Waals surface area contributed by atoms with Gasteiger partial charge in [-0.05, 0) is 42.0 Å². The van der Waals surface area contributed by atoms with Crippen LogP contribution >= 0.6 is 11.6 Å². The molecule has 2 N–H and O–H groups in total. The Kier molecular flexibility index (Phi) is 5.21. The first kappa shape index (κ1) is 20.0. The molecule has 0 aliphatic heterocycles. The van der Waals surface area contributed by atoms with Crippen LogP contribution in [0.3, 0.4) is 0 Å². The normalized spacial score (nSPS) is 11.6. The largest absolute Gasteiger partial charge is 0.360 e. The number of fused-ring (bicyclic) bond motifs is 2. The van der Waals surface area contributed by atoms with E-state index in [1.165, 1.54) is 12.1 Å². The maximum Gasteiger partial charge on any atom is 0.273 e. The molecule has 0 atom stereocenters. The van der Waals surface area contributed by atoms with Gasteiger partial charge in [-0.2, -0.15) is 5.10 Å². The Morgan fingerprint density at radius 2 is 1.91 bits per heavy atom. The van der Waals surface area contributed by atoms with Crippen molar-refractivity contribution in [2.24, 2.45) is 5.10 Å². The van der Waals surface area contributed by atoms with Crippen molar-refractivity contribution in [2.45, 2.75) is 6.54 Å². The molecule has 0 aliphatic carbocycles. The highest BCUT2D eigenvalue weighted by Gasteiger charge is 2.12. The third-order valence-corrected chi connectivity index (χ3v) is 5.60. The summed E-state index contributed by atoms with van der Waals surface area (Å²) in [5.41, 5.74) is 6.53. The van der Waals surface area contributed by atoms with E-state index in [2.05, 4.69) is 15.5 Å². The summed E-state index contributed by atoms with van der Waals surface area (Å²) in [6.07, 6.45) is 5.13. The number of amides is 1. The van der Waals surface area contributed by atoms with Crippen LogP contribution < -0.4 is 5.43 Å². The van der Waals surface area contributed by atoms with Crippen molar-refractivity contribution in [3.05, 3.63) is 107 Å². The van der Waals surface area contributed by atoms with Gasteiger partial charge < -0.3 is 9.55 Å². The smallest absolute Gasteiger partial charge is 0.273 e. The Balaban J connectivity index is 1.41. The fourth-order valence-electron chi connectivity index (χ4n) is 3.79. The standard InChI is InChI=1S/C25H18ClFN4O/c26-18-7-5-16(6-8-18)14-31-15-17(20-10-9-19(27)11-24(20)31)12-29-30-25(32)22-13-28-23-4-2-1-3-21(22)23/h1-13,15,28H,14H2,(H,30,32)/b29-12-. The van der Waals surface area contributed by atoms with Gasteiger partial charge in [0.2, 0.25) is 0 Å². The second-order valence-corrected chi connectivity index (χ2v) is 7.88. The highest BCUT2D eigenvalue weighted by atomic mass is 35.5. The van der Waals surface area contributed by atoms with Gasteiger partial charge in [0.25, 0.3) is 5.91 Å². The van der Waals surface area contributed by atoms with Crippen LogP contribution in [0.2, 0.25) is 5.02 Å². The number of hydrogen-bond acceptors (Lipinski definition) is 2. The Hall–Kier alpha value is -3.90. The van der Waals surface area contributed by atoms with Crippen LogP contribution in [0.1, 0.15) is 21.5 Å². The quantitative estimate of drug-likeness (QED) is 0.264. The number of H-pyrrole nitrogens is 1. The molecule has 7 heteroatoms. The van der Waals surface area contributed by atoms with E-state index < -0.39 is 0 Å². The highest BCUT2D eigenvalue weighted by molar-refractivity contribution is 6.30. The van der Waals surface area contributed by atoms with Crippen LogP contribution in [0.4, 0.5) is 4.39 Å². The number of carbonyl (C=O) groups is 1. The maximum atomic E-state index is 13.9. The Bertz CT molecular complexity index is 1470. The van der Waals surface area contributed by atoms with Gasteiger partial charge in [-0.3, -0.25) is 4.79 Å². The van der Waals surface area contributed by atoms with Crippen LogP contribution in [0, 0.1) is 5.82 Å². The van der Waals surface area contributed by atoms with Crippen molar-refractivity contribution in [1.29, 1.82) is 0 Å². The minimum Gasteiger partial charge on any atom is -0.360 e. The van der Waals surface area contributed by atoms with Crippen molar-refractivity contribution in [2.75, 3.05) is 0 Å². The molecule has 5 aromatic rings. The van der Waals surface area contributed by atoms with Crippen LogP contribution in [0.15, 0.2) is 84.2 Å². The number of nitrogens with one attached hydrogen (secondary N) is 2. The molecule has 5 rings (SSSR count). The van der Waals surface area contributed by atoms with Gasteiger partial charge in [-0.25, -0.2) is 9.82 Å². The second-order valence-electron chi connectivity index (χ2n) is 7.45. The molecule has 0 saturated heterocycles. The first-order chi connectivity index (χ1) is 15.6. The topological polar surface area (TPSA) is 62.2 Å². The predicted molar refractivity (Wildman–Crippen MR) is 126 cm³/mol. The van der Waals surface area contributed by atoms with Gasteiger partial charge in [-0.1, -0.05) is 41.9 Å². The molecule has 0 spiro atoms. The summed E-state index contributed by atoms with van der Waals surface area (Å²) in [4.78, 5) is 15.7. The monoisotopic (exact) mass is 444 g/mol. The predicted octanol–water partition coefficient (Wildman–Crippen LogP) is 5.73. The highest BCUT2D eigenvalue weighted by Crippen LogP contribution is 2.23. The van der Waals surface area contributed by atoms with E-state index in [1.54, 1.807) is 18.5 Å². The van der Waals surface area contributed by atoms with Crippen molar-refractivity contribution >= 4 is 45.5 Å². The zero-order valence-corrected chi connectivity index (χ0v) is 17.6. The van der Waals surface area contributed by atoms with Crippen LogP contribution in [-0.2, 0) is 6.54 Å². The average molecular weight is 445 g/mol. The first-order valence-electron chi connectivity index (χ1n) is 10.0. The number of hydrazone groups is 1. The molecular formula is C25H18ClFN4O. The maximum absolute atomic E-state index is 13.9. The second kappa shape index (κ2) is 8.32. The van der Waals surface area contributed by atoms with Gasteiger partial charge in [0.1, 0.15) is 5.82 Å². The van der Waals surface area contributed by atoms with Crippen LogP contribution in [0.5, 0.6) is 0 Å². The van der Waals surface area contributed by atoms with Crippen LogP contribution in [-0.4, -0.2) is 21.7 Å². The van der Waals surface area contributed by atoms with Gasteiger partial charge >= 0.3 is 0 Å². The Morgan fingerprint density at radius 1 is 1.09 bits per heavy atom. The number of carbonyl (C=O) groups excluding carboxylic acids is 1. The van der Waals surface area contributed by atoms with E-state index in [-0.39, 0.29) is 11.7 Å². The number of aromatic amines is 1. The van der Waals surface area contributed by atoms with Crippen molar-refractivity contribution < 1.29 is 9.18 Å². The molecule has 5 nitrogen and oxygen atoms in total. The molecule has 0 fully saturated rings. The third-order valence-electron chi connectivity index (χ3n) is 5.34. The SMILES string of the molecule is O=C(N/N=C\c1cn(Cc2ccc(Cl)cc2)c2cc(F)ccc12)c1c[nH]c2ccccc12. The van der Waals surface area contributed by atoms with E-state index in [0.717, 1.165) is 32.9 Å². The summed E-state index contributed by atoms with van der Waals surface area (Å²) in [6, 6.07) is 19.7. The molecule has 2 heterocycles. The van der Waals surface area contributed by atoms with E-state index in [0.29, 0.717) is 17.1 Å². The Morgan fingerprint density at radius 3 is 2.75 bits per heavy atom. The molecule has 2 aromatic heterocycles. The van der Waals surface area contributed by atoms with Crippen molar-refractivity contribution in [3.63, 3.8) is 0 Å². The first-order valence-corrected chi connectivity index (χ1v) is 10.4. The average Bonchev–Trinajstić information content (AvgIpc) is 3.37. The summed E-state index contributed by atoms with van der Waals surface area (Å²) < 4.78 is 15.9. The number of halogens is 2. The van der Waals surface area contributed by atoms with Crippen molar-refractivity contribution in [3.8, 4) is 0 Å². The fourth-order valence-corrected chi connectivity index (χ4v) is 3.92. The van der Waals surface area contributed by atoms with Gasteiger partial charge in [-0.15, -0.1) is 0 Å². The molecule has 0 unspecified atom stereocenters. The number of benzene rings is 3. The zero-order valence-electron chi connectivity index (χ0n) is 16.8. The summed E-state index contributed by atoms with van der Waals surface area (Å²) in [5.74, 6) is -0.626. The summed E-state index contributed by atoms with van der Waals surface area (Å²) >= 11 is 5.98. The molecule has 0 aliphatic rings. The van der Waals surface area contributed by atoms with Crippen LogP contribution in [0.25, 0.3) is 21.8 Å². The molecule has 0 radical (unpaired) electrons. The van der Waals surface area contributed by atoms with Gasteiger partial charge in [0, 0.05) is 45.8 Å². The fraction of sp³-hybridized carbons (Fsp3) is 0.0400. The Labute approximate surface area is 188 Å². The summed E-state index contributed by atoms with van der Waals surface area (Å²) in [6.45, 7) is 0.548. The number of para-hydroxylation sites is 1. The lowest BCUT2D eigenvalue weighted by Gasteiger charge is -2.06. The lowest BCUT2D eigenvalue weighted by molar-refractivity contribution is 0.0957. The molecule has 1 amide bonds. The lowest BCUT2D eigenvalue weighted by atomic mass is 10.2. The zero-order chi connectivity index (χ0) is 22.1. The van der Waals surface area contributed by atoms with Gasteiger partial charge in [0.15, 0.2) is 0 Å². The number of aromatic nitrogens is 2. The van der Waals surface area contributed by atoms with E-state index in [9.17, 15) is 9.18 Å². The van der Waals surface area contributed by atoms with Gasteiger partial charge in [0.05, 0.1) is 17.3 Å². The number of hydrogen-bond donors (Lipinski definition) is 2. The number of nitrogens with zero attached hydrogens (tertiary/aromatic N) is 2. The summed E-state index contributed by atoms with van der Waals surface area (Å²) in [7, 11) is 0. The third kappa shape index (κ3) is 3.88. The molecular weight excluding hydrogens is 427 g/mol. The minimum atomic E-state index is -0.316. The summed E-state index contributed by atoms with van der Waals surface area (Å²) in [5, 5.41) is 6.48. The van der Waals surface area contributed by atoms with Crippen molar-refractivity contribution in [1.82, 2.24) is 15.0 Å². The van der Waals surface area contributed by atoms with E-state index >= 15 is 0 Å². The molecule has 32 heavy (non-hydrogen) atoms. The molecule has 3 aromatic carbocycles. The number of rotatable bonds is 5. The minimum absolute atomic E-state index is 0.311. The molecule has 0 saturated carbocycles. The lowest BCUT2D eigenvalue weighted by Crippen LogP contribution is -2.17. The van der Waals surface area contributed by atoms with E-state index in [4.69, 9.17) is 11.6 Å².